The van der Waals surface area contributed by atoms with Gasteiger partial charge in [-0.05, 0) is 28.6 Å². The Bertz CT molecular complexity index is 567. The standard InChI is InChI=1S/C16H22N2OS/c1-10(2)11-6-8-12(9-7-11)13(19)14-15(16(3,4)5)17-18-20-14/h6-10,13,19H,1-5H3. The fourth-order valence-corrected chi connectivity index (χ4v) is 2.99. The molecule has 0 saturated heterocycles. The number of rotatable bonds is 3. The molecule has 20 heavy (non-hydrogen) atoms. The summed E-state index contributed by atoms with van der Waals surface area (Å²) in [4.78, 5) is 0.842. The minimum Gasteiger partial charge on any atom is -0.383 e. The van der Waals surface area contributed by atoms with Gasteiger partial charge in [-0.1, -0.05) is 63.4 Å². The Morgan fingerprint density at radius 1 is 1.05 bits per heavy atom. The first-order chi connectivity index (χ1) is 9.30. The molecule has 1 heterocycles. The summed E-state index contributed by atoms with van der Waals surface area (Å²) < 4.78 is 4.01. The van der Waals surface area contributed by atoms with E-state index in [9.17, 15) is 5.11 Å². The van der Waals surface area contributed by atoms with Crippen molar-refractivity contribution in [2.45, 2.75) is 52.1 Å². The number of aromatic nitrogens is 2. The van der Waals surface area contributed by atoms with Crippen LogP contribution in [0.1, 0.15) is 68.3 Å². The molecule has 1 aromatic carbocycles. The van der Waals surface area contributed by atoms with Crippen molar-refractivity contribution >= 4 is 11.5 Å². The van der Waals surface area contributed by atoms with Crippen LogP contribution in [0.2, 0.25) is 0 Å². The molecule has 1 N–H and O–H groups in total. The van der Waals surface area contributed by atoms with E-state index in [4.69, 9.17) is 0 Å². The first-order valence-corrected chi connectivity index (χ1v) is 7.68. The molecule has 1 unspecified atom stereocenters. The van der Waals surface area contributed by atoms with E-state index in [0.717, 1.165) is 16.1 Å². The van der Waals surface area contributed by atoms with Gasteiger partial charge in [-0.3, -0.25) is 0 Å². The third-order valence-electron chi connectivity index (χ3n) is 3.39. The molecule has 1 aromatic heterocycles. The van der Waals surface area contributed by atoms with Gasteiger partial charge in [0.1, 0.15) is 6.10 Å². The van der Waals surface area contributed by atoms with E-state index < -0.39 is 6.10 Å². The van der Waals surface area contributed by atoms with Crippen LogP contribution >= 0.6 is 11.5 Å². The molecular formula is C16H22N2OS. The van der Waals surface area contributed by atoms with Gasteiger partial charge in [0.15, 0.2) is 0 Å². The first kappa shape index (κ1) is 15.1. The van der Waals surface area contributed by atoms with Gasteiger partial charge in [0, 0.05) is 5.41 Å². The maximum absolute atomic E-state index is 10.6. The zero-order valence-corrected chi connectivity index (χ0v) is 13.5. The summed E-state index contributed by atoms with van der Waals surface area (Å²) >= 11 is 1.28. The summed E-state index contributed by atoms with van der Waals surface area (Å²) in [6, 6.07) is 8.14. The monoisotopic (exact) mass is 290 g/mol. The van der Waals surface area contributed by atoms with E-state index in [1.165, 1.54) is 17.1 Å². The van der Waals surface area contributed by atoms with Crippen LogP contribution in [0.3, 0.4) is 0 Å². The lowest BCUT2D eigenvalue weighted by Crippen LogP contribution is -2.16. The Kier molecular flexibility index (Phi) is 4.25. The zero-order valence-electron chi connectivity index (χ0n) is 12.7. The molecule has 108 valence electrons. The molecular weight excluding hydrogens is 268 g/mol. The molecule has 2 aromatic rings. The van der Waals surface area contributed by atoms with E-state index in [1.54, 1.807) is 0 Å². The van der Waals surface area contributed by atoms with Crippen LogP contribution in [-0.4, -0.2) is 14.7 Å². The fourth-order valence-electron chi connectivity index (χ4n) is 2.11. The number of aliphatic hydroxyl groups is 1. The maximum Gasteiger partial charge on any atom is 0.117 e. The number of benzene rings is 1. The molecule has 1 atom stereocenters. The van der Waals surface area contributed by atoms with Crippen LogP contribution < -0.4 is 0 Å². The minimum absolute atomic E-state index is 0.110. The van der Waals surface area contributed by atoms with E-state index >= 15 is 0 Å². The molecule has 0 aliphatic rings. The van der Waals surface area contributed by atoms with Crippen LogP contribution in [0.5, 0.6) is 0 Å². The van der Waals surface area contributed by atoms with Crippen molar-refractivity contribution in [1.29, 1.82) is 0 Å². The van der Waals surface area contributed by atoms with Gasteiger partial charge in [-0.2, -0.15) is 0 Å². The van der Waals surface area contributed by atoms with Gasteiger partial charge in [-0.15, -0.1) is 5.10 Å². The van der Waals surface area contributed by atoms with Crippen LogP contribution in [0.25, 0.3) is 0 Å². The Morgan fingerprint density at radius 2 is 1.60 bits per heavy atom. The quantitative estimate of drug-likeness (QED) is 0.928. The molecule has 0 spiro atoms. The molecule has 0 saturated carbocycles. The highest BCUT2D eigenvalue weighted by atomic mass is 32.1. The predicted molar refractivity (Wildman–Crippen MR) is 83.2 cm³/mol. The zero-order chi connectivity index (χ0) is 14.9. The van der Waals surface area contributed by atoms with Crippen LogP contribution in [0, 0.1) is 0 Å². The van der Waals surface area contributed by atoms with E-state index in [-0.39, 0.29) is 5.41 Å². The molecule has 2 rings (SSSR count). The highest BCUT2D eigenvalue weighted by molar-refractivity contribution is 7.05. The summed E-state index contributed by atoms with van der Waals surface area (Å²) in [5.74, 6) is 0.497. The second-order valence-corrected chi connectivity index (χ2v) is 7.25. The Labute approximate surface area is 124 Å². The van der Waals surface area contributed by atoms with Crippen LogP contribution in [-0.2, 0) is 5.41 Å². The second-order valence-electron chi connectivity index (χ2n) is 6.46. The first-order valence-electron chi connectivity index (χ1n) is 6.91. The summed E-state index contributed by atoms with van der Waals surface area (Å²) in [6.45, 7) is 10.6. The second kappa shape index (κ2) is 5.62. The van der Waals surface area contributed by atoms with Gasteiger partial charge in [0.2, 0.25) is 0 Å². The highest BCUT2D eigenvalue weighted by Gasteiger charge is 2.27. The number of hydrogen-bond donors (Lipinski definition) is 1. The number of aliphatic hydroxyl groups excluding tert-OH is 1. The lowest BCUT2D eigenvalue weighted by atomic mass is 9.89. The third-order valence-corrected chi connectivity index (χ3v) is 4.17. The average molecular weight is 290 g/mol. The molecule has 3 nitrogen and oxygen atoms in total. The normalized spacial score (nSPS) is 13.8. The van der Waals surface area contributed by atoms with Crippen molar-refractivity contribution in [3.05, 3.63) is 46.0 Å². The maximum atomic E-state index is 10.6. The Balaban J connectivity index is 2.32. The van der Waals surface area contributed by atoms with Crippen LogP contribution in [0.15, 0.2) is 24.3 Å². The van der Waals surface area contributed by atoms with Gasteiger partial charge in [0.05, 0.1) is 10.6 Å². The highest BCUT2D eigenvalue weighted by Crippen LogP contribution is 2.33. The predicted octanol–water partition coefficient (Wildman–Crippen LogP) is 4.04. The lowest BCUT2D eigenvalue weighted by Gasteiger charge is -2.19. The van der Waals surface area contributed by atoms with Gasteiger partial charge in [0.25, 0.3) is 0 Å². The van der Waals surface area contributed by atoms with Crippen molar-refractivity contribution in [3.63, 3.8) is 0 Å². The summed E-state index contributed by atoms with van der Waals surface area (Å²) in [6.07, 6.45) is -0.648. The third kappa shape index (κ3) is 3.07. The lowest BCUT2D eigenvalue weighted by molar-refractivity contribution is 0.221. The van der Waals surface area contributed by atoms with E-state index in [1.807, 2.05) is 12.1 Å². The molecule has 0 amide bonds. The Morgan fingerprint density at radius 3 is 2.10 bits per heavy atom. The molecule has 0 bridgehead atoms. The SMILES string of the molecule is CC(C)c1ccc(C(O)c2snnc2C(C)(C)C)cc1. The summed E-state index contributed by atoms with van der Waals surface area (Å²) in [5, 5.41) is 14.8. The topological polar surface area (TPSA) is 46.0 Å². The smallest absolute Gasteiger partial charge is 0.117 e. The van der Waals surface area contributed by atoms with Crippen molar-refractivity contribution in [1.82, 2.24) is 9.59 Å². The number of nitrogens with zero attached hydrogens (tertiary/aromatic N) is 2. The molecule has 0 aliphatic carbocycles. The summed E-state index contributed by atoms with van der Waals surface area (Å²) in [7, 11) is 0. The van der Waals surface area contributed by atoms with Crippen molar-refractivity contribution < 1.29 is 5.11 Å². The van der Waals surface area contributed by atoms with E-state index in [2.05, 4.69) is 56.3 Å². The molecule has 0 fully saturated rings. The summed E-state index contributed by atoms with van der Waals surface area (Å²) in [5.41, 5.74) is 2.94. The van der Waals surface area contributed by atoms with Crippen molar-refractivity contribution in [3.8, 4) is 0 Å². The molecule has 0 radical (unpaired) electrons. The van der Waals surface area contributed by atoms with Gasteiger partial charge in [-0.25, -0.2) is 0 Å². The Hall–Kier alpha value is -1.26. The van der Waals surface area contributed by atoms with Gasteiger partial charge < -0.3 is 5.11 Å². The average Bonchev–Trinajstić information content (AvgIpc) is 2.87. The van der Waals surface area contributed by atoms with Crippen molar-refractivity contribution in [2.75, 3.05) is 0 Å². The van der Waals surface area contributed by atoms with E-state index in [0.29, 0.717) is 5.92 Å². The van der Waals surface area contributed by atoms with Gasteiger partial charge >= 0.3 is 0 Å². The van der Waals surface area contributed by atoms with Crippen LogP contribution in [0.4, 0.5) is 0 Å². The molecule has 0 aliphatic heterocycles. The van der Waals surface area contributed by atoms with Crippen molar-refractivity contribution in [2.24, 2.45) is 0 Å². The fraction of sp³-hybridized carbons (Fsp3) is 0.500. The minimum atomic E-state index is -0.648. The number of hydrogen-bond acceptors (Lipinski definition) is 4. The largest absolute Gasteiger partial charge is 0.383 e. The molecule has 4 heteroatoms.